The van der Waals surface area contributed by atoms with Crippen LogP contribution in [0.25, 0.3) is 6.08 Å². The van der Waals surface area contributed by atoms with Gasteiger partial charge in [-0.3, -0.25) is 0 Å². The van der Waals surface area contributed by atoms with Crippen molar-refractivity contribution in [3.63, 3.8) is 0 Å². The normalized spacial score (nSPS) is 12.9. The lowest BCUT2D eigenvalue weighted by molar-refractivity contribution is -0.131. The zero-order valence-corrected chi connectivity index (χ0v) is 11.1. The molecule has 1 N–H and O–H groups in total. The first kappa shape index (κ1) is 14.3. The average molecular weight is 248 g/mol. The molecule has 0 amide bonds. The number of carboxylic acids is 1. The molecular formula is C15H20O3. The molecule has 0 spiro atoms. The molecule has 0 aromatic heterocycles. The molecule has 18 heavy (non-hydrogen) atoms. The Bertz CT molecular complexity index is 404. The number of ether oxygens (including phenoxy) is 1. The van der Waals surface area contributed by atoms with Crippen molar-refractivity contribution in [2.24, 2.45) is 5.92 Å². The number of hydrogen-bond donors (Lipinski definition) is 1. The average Bonchev–Trinajstić information content (AvgIpc) is 2.26. The van der Waals surface area contributed by atoms with Crippen LogP contribution in [0.5, 0.6) is 5.75 Å². The van der Waals surface area contributed by atoms with Gasteiger partial charge in [0, 0.05) is 6.08 Å². The number of hydrogen-bond acceptors (Lipinski definition) is 2. The topological polar surface area (TPSA) is 46.5 Å². The summed E-state index contributed by atoms with van der Waals surface area (Å²) in [6.45, 7) is 6.39. The number of aliphatic carboxylic acids is 1. The van der Waals surface area contributed by atoms with Gasteiger partial charge in [-0.15, -0.1) is 0 Å². The summed E-state index contributed by atoms with van der Waals surface area (Å²) in [5.74, 6) is 0.481. The third kappa shape index (κ3) is 5.53. The van der Waals surface area contributed by atoms with Crippen LogP contribution in [0, 0.1) is 5.92 Å². The van der Waals surface area contributed by atoms with Gasteiger partial charge in [0.2, 0.25) is 0 Å². The smallest absolute Gasteiger partial charge is 0.328 e. The summed E-state index contributed by atoms with van der Waals surface area (Å²) in [6, 6.07) is 7.41. The van der Waals surface area contributed by atoms with Gasteiger partial charge < -0.3 is 9.84 Å². The maximum absolute atomic E-state index is 10.4. The van der Waals surface area contributed by atoms with E-state index in [-0.39, 0.29) is 6.10 Å². The fraction of sp³-hybridized carbons (Fsp3) is 0.400. The quantitative estimate of drug-likeness (QED) is 0.782. The van der Waals surface area contributed by atoms with Gasteiger partial charge in [-0.05, 0) is 43.0 Å². The Hall–Kier alpha value is -1.77. The van der Waals surface area contributed by atoms with E-state index < -0.39 is 5.97 Å². The van der Waals surface area contributed by atoms with Gasteiger partial charge in [-0.1, -0.05) is 26.0 Å². The Morgan fingerprint density at radius 1 is 1.28 bits per heavy atom. The fourth-order valence-electron chi connectivity index (χ4n) is 1.77. The molecule has 1 atom stereocenters. The first-order valence-electron chi connectivity index (χ1n) is 6.15. The molecule has 1 aromatic carbocycles. The van der Waals surface area contributed by atoms with Crippen molar-refractivity contribution in [1.29, 1.82) is 0 Å². The SMILES string of the molecule is CC(C)CC(C)Oc1ccc(C=CC(=O)O)cc1. The predicted molar refractivity (Wildman–Crippen MR) is 72.7 cm³/mol. The third-order valence-corrected chi connectivity index (χ3v) is 2.44. The van der Waals surface area contributed by atoms with Gasteiger partial charge in [0.15, 0.2) is 0 Å². The first-order valence-corrected chi connectivity index (χ1v) is 6.15. The highest BCUT2D eigenvalue weighted by molar-refractivity contribution is 5.85. The van der Waals surface area contributed by atoms with E-state index >= 15 is 0 Å². The standard InChI is InChI=1S/C15H20O3/c1-11(2)10-12(3)18-14-7-4-13(5-8-14)6-9-15(16)17/h4-9,11-12H,10H2,1-3H3,(H,16,17). The Labute approximate surface area is 108 Å². The van der Waals surface area contributed by atoms with Crippen LogP contribution in [-0.2, 0) is 4.79 Å². The lowest BCUT2D eigenvalue weighted by Crippen LogP contribution is -2.14. The van der Waals surface area contributed by atoms with E-state index in [1.807, 2.05) is 24.3 Å². The Morgan fingerprint density at radius 2 is 1.89 bits per heavy atom. The van der Waals surface area contributed by atoms with Crippen molar-refractivity contribution in [3.05, 3.63) is 35.9 Å². The van der Waals surface area contributed by atoms with Gasteiger partial charge in [0.25, 0.3) is 0 Å². The molecule has 0 saturated carbocycles. The summed E-state index contributed by atoms with van der Waals surface area (Å²) in [5.41, 5.74) is 0.848. The molecule has 0 aliphatic heterocycles. The van der Waals surface area contributed by atoms with E-state index in [9.17, 15) is 4.79 Å². The molecule has 3 nitrogen and oxygen atoms in total. The molecule has 0 heterocycles. The molecule has 1 rings (SSSR count). The van der Waals surface area contributed by atoms with Crippen LogP contribution in [0.2, 0.25) is 0 Å². The van der Waals surface area contributed by atoms with E-state index in [0.717, 1.165) is 23.8 Å². The van der Waals surface area contributed by atoms with Crippen molar-refractivity contribution in [3.8, 4) is 5.75 Å². The minimum Gasteiger partial charge on any atom is -0.491 e. The lowest BCUT2D eigenvalue weighted by Gasteiger charge is -2.16. The number of benzene rings is 1. The summed E-state index contributed by atoms with van der Waals surface area (Å²) in [7, 11) is 0. The summed E-state index contributed by atoms with van der Waals surface area (Å²) >= 11 is 0. The minimum atomic E-state index is -0.944. The molecule has 0 saturated heterocycles. The van der Waals surface area contributed by atoms with Crippen LogP contribution in [-0.4, -0.2) is 17.2 Å². The Kier molecular flexibility index (Phi) is 5.43. The van der Waals surface area contributed by atoms with Gasteiger partial charge in [-0.2, -0.15) is 0 Å². The van der Waals surface area contributed by atoms with Gasteiger partial charge in [0.05, 0.1) is 6.10 Å². The van der Waals surface area contributed by atoms with Crippen molar-refractivity contribution in [2.45, 2.75) is 33.3 Å². The van der Waals surface area contributed by atoms with E-state index in [1.165, 1.54) is 0 Å². The Balaban J connectivity index is 2.57. The van der Waals surface area contributed by atoms with E-state index in [2.05, 4.69) is 20.8 Å². The molecule has 1 aromatic rings. The number of carbonyl (C=O) groups is 1. The van der Waals surface area contributed by atoms with Crippen molar-refractivity contribution >= 4 is 12.0 Å². The third-order valence-electron chi connectivity index (χ3n) is 2.44. The van der Waals surface area contributed by atoms with Crippen molar-refractivity contribution < 1.29 is 14.6 Å². The summed E-state index contributed by atoms with van der Waals surface area (Å²) < 4.78 is 5.77. The second-order valence-corrected chi connectivity index (χ2v) is 4.80. The molecule has 98 valence electrons. The summed E-state index contributed by atoms with van der Waals surface area (Å²) in [5, 5.41) is 8.52. The van der Waals surface area contributed by atoms with E-state index in [0.29, 0.717) is 5.92 Å². The van der Waals surface area contributed by atoms with Crippen LogP contribution in [0.4, 0.5) is 0 Å². The maximum atomic E-state index is 10.4. The summed E-state index contributed by atoms with van der Waals surface area (Å²) in [6.07, 6.45) is 3.88. The highest BCUT2D eigenvalue weighted by atomic mass is 16.5. The van der Waals surface area contributed by atoms with Crippen molar-refractivity contribution in [1.82, 2.24) is 0 Å². The zero-order chi connectivity index (χ0) is 13.5. The van der Waals surface area contributed by atoms with Gasteiger partial charge in [0.1, 0.15) is 5.75 Å². The molecule has 0 aliphatic carbocycles. The number of carboxylic acid groups (broad SMARTS) is 1. The predicted octanol–water partition coefficient (Wildman–Crippen LogP) is 3.60. The Morgan fingerprint density at radius 3 is 2.39 bits per heavy atom. The van der Waals surface area contributed by atoms with Gasteiger partial charge >= 0.3 is 5.97 Å². The van der Waals surface area contributed by atoms with Crippen LogP contribution in [0.3, 0.4) is 0 Å². The monoisotopic (exact) mass is 248 g/mol. The largest absolute Gasteiger partial charge is 0.491 e. The minimum absolute atomic E-state index is 0.186. The lowest BCUT2D eigenvalue weighted by atomic mass is 10.1. The second-order valence-electron chi connectivity index (χ2n) is 4.80. The molecule has 0 radical (unpaired) electrons. The zero-order valence-electron chi connectivity index (χ0n) is 11.1. The van der Waals surface area contributed by atoms with E-state index in [4.69, 9.17) is 9.84 Å². The van der Waals surface area contributed by atoms with Gasteiger partial charge in [-0.25, -0.2) is 4.79 Å². The fourth-order valence-corrected chi connectivity index (χ4v) is 1.77. The molecule has 0 bridgehead atoms. The molecule has 0 fully saturated rings. The molecule has 3 heteroatoms. The first-order chi connectivity index (χ1) is 8.47. The molecule has 1 unspecified atom stereocenters. The molecular weight excluding hydrogens is 228 g/mol. The second kappa shape index (κ2) is 6.84. The van der Waals surface area contributed by atoms with Crippen LogP contribution < -0.4 is 4.74 Å². The highest BCUT2D eigenvalue weighted by Gasteiger charge is 2.06. The molecule has 0 aliphatic rings. The van der Waals surface area contributed by atoms with Crippen molar-refractivity contribution in [2.75, 3.05) is 0 Å². The van der Waals surface area contributed by atoms with Crippen LogP contribution >= 0.6 is 0 Å². The maximum Gasteiger partial charge on any atom is 0.328 e. The highest BCUT2D eigenvalue weighted by Crippen LogP contribution is 2.17. The number of rotatable bonds is 6. The summed E-state index contributed by atoms with van der Waals surface area (Å²) in [4.78, 5) is 10.4. The van der Waals surface area contributed by atoms with E-state index in [1.54, 1.807) is 6.08 Å². The van der Waals surface area contributed by atoms with Crippen LogP contribution in [0.1, 0.15) is 32.8 Å². The van der Waals surface area contributed by atoms with Crippen LogP contribution in [0.15, 0.2) is 30.3 Å².